The summed E-state index contributed by atoms with van der Waals surface area (Å²) < 4.78 is 25.4. The van der Waals surface area contributed by atoms with E-state index in [2.05, 4.69) is 15.4 Å². The van der Waals surface area contributed by atoms with Crippen molar-refractivity contribution in [1.29, 1.82) is 0 Å². The molecule has 0 bridgehead atoms. The lowest BCUT2D eigenvalue weighted by atomic mass is 10.2. The number of carbonyl (C=O) groups excluding carboxylic acids is 1. The number of hydrogen-bond donors (Lipinski definition) is 1. The zero-order valence-electron chi connectivity index (χ0n) is 16.9. The molecule has 0 spiro atoms. The first kappa shape index (κ1) is 20.0. The molecule has 0 fully saturated rings. The maximum Gasteiger partial charge on any atom is 0.249 e. The van der Waals surface area contributed by atoms with Crippen molar-refractivity contribution < 1.29 is 18.7 Å². The van der Waals surface area contributed by atoms with Crippen LogP contribution >= 0.6 is 11.3 Å². The van der Waals surface area contributed by atoms with Crippen molar-refractivity contribution in [2.75, 3.05) is 12.1 Å². The van der Waals surface area contributed by atoms with Gasteiger partial charge in [-0.3, -0.25) is 4.79 Å². The number of benzene rings is 2. The molecule has 4 aromatic rings. The molecule has 160 valence electrons. The molecule has 9 heteroatoms. The number of hydrogen-bond acceptors (Lipinski definition) is 6. The van der Waals surface area contributed by atoms with Crippen molar-refractivity contribution in [2.45, 2.75) is 6.92 Å². The third kappa shape index (κ3) is 4.10. The quantitative estimate of drug-likeness (QED) is 0.443. The van der Waals surface area contributed by atoms with Gasteiger partial charge in [-0.25, -0.2) is 9.37 Å². The van der Waals surface area contributed by atoms with Gasteiger partial charge < -0.3 is 14.8 Å². The fourth-order valence-corrected chi connectivity index (χ4v) is 4.00. The van der Waals surface area contributed by atoms with Gasteiger partial charge in [0.25, 0.3) is 0 Å². The van der Waals surface area contributed by atoms with Gasteiger partial charge in [-0.1, -0.05) is 6.07 Å². The molecule has 1 aliphatic rings. The first-order valence-electron chi connectivity index (χ1n) is 9.72. The minimum Gasteiger partial charge on any atom is -0.454 e. The second-order valence-corrected chi connectivity index (χ2v) is 7.88. The first-order chi connectivity index (χ1) is 15.5. The number of fused-ring (bicyclic) bond motifs is 1. The minimum absolute atomic E-state index is 0.200. The van der Waals surface area contributed by atoms with Crippen molar-refractivity contribution in [3.63, 3.8) is 0 Å². The van der Waals surface area contributed by atoms with E-state index in [4.69, 9.17) is 9.47 Å². The number of nitrogens with zero attached hydrogens (tertiary/aromatic N) is 3. The Balaban J connectivity index is 1.33. The number of amides is 1. The number of nitrogens with one attached hydrogen (secondary N) is 1. The van der Waals surface area contributed by atoms with E-state index in [9.17, 15) is 9.18 Å². The molecule has 1 N–H and O–H groups in total. The number of ether oxygens (including phenoxy) is 2. The van der Waals surface area contributed by atoms with Crippen LogP contribution < -0.4 is 14.8 Å². The number of halogens is 1. The average Bonchev–Trinajstić information content (AvgIpc) is 3.52. The standard InChI is InChI=1S/C23H17FN4O3S/c1-14-10-21(26-22(29)9-3-15-2-8-19-20(11-15)31-13-30-19)28(27-14)23-25-18(12-32-23)16-4-6-17(24)7-5-16/h2-12H,13H2,1H3,(H,26,29). The van der Waals surface area contributed by atoms with E-state index in [1.165, 1.54) is 29.5 Å². The SMILES string of the molecule is Cc1cc(NC(=O)C=Cc2ccc3c(c2)OCO3)n(-c2nc(-c3ccc(F)cc3)cs2)n1. The number of rotatable bonds is 5. The van der Waals surface area contributed by atoms with Crippen molar-refractivity contribution in [3.05, 3.63) is 77.1 Å². The fourth-order valence-electron chi connectivity index (χ4n) is 3.21. The Morgan fingerprint density at radius 2 is 1.97 bits per heavy atom. The minimum atomic E-state index is -0.306. The molecule has 0 radical (unpaired) electrons. The summed E-state index contributed by atoms with van der Waals surface area (Å²) in [6, 6.07) is 13.4. The number of aryl methyl sites for hydroxylation is 1. The van der Waals surface area contributed by atoms with Gasteiger partial charge in [0, 0.05) is 23.1 Å². The Kier molecular flexibility index (Phi) is 5.16. The van der Waals surface area contributed by atoms with Gasteiger partial charge in [-0.15, -0.1) is 11.3 Å². The third-order valence-corrected chi connectivity index (χ3v) is 5.54. The highest BCUT2D eigenvalue weighted by molar-refractivity contribution is 7.12. The number of aromatic nitrogens is 3. The molecular weight excluding hydrogens is 431 g/mol. The Hall–Kier alpha value is -3.98. The second kappa shape index (κ2) is 8.27. The third-order valence-electron chi connectivity index (χ3n) is 4.72. The van der Waals surface area contributed by atoms with E-state index in [1.54, 1.807) is 35.0 Å². The predicted molar refractivity (Wildman–Crippen MR) is 120 cm³/mol. The molecule has 7 nitrogen and oxygen atoms in total. The van der Waals surface area contributed by atoms with Gasteiger partial charge in [0.1, 0.15) is 11.6 Å². The molecule has 0 saturated carbocycles. The summed E-state index contributed by atoms with van der Waals surface area (Å²) in [7, 11) is 0. The zero-order valence-corrected chi connectivity index (χ0v) is 17.7. The molecule has 0 unspecified atom stereocenters. The van der Waals surface area contributed by atoms with Gasteiger partial charge in [0.05, 0.1) is 11.4 Å². The van der Waals surface area contributed by atoms with Crippen LogP contribution in [-0.4, -0.2) is 27.5 Å². The van der Waals surface area contributed by atoms with Crippen molar-refractivity contribution in [3.8, 4) is 27.9 Å². The molecule has 1 aliphatic heterocycles. The smallest absolute Gasteiger partial charge is 0.249 e. The van der Waals surface area contributed by atoms with Crippen LogP contribution in [0.2, 0.25) is 0 Å². The van der Waals surface area contributed by atoms with Crippen LogP contribution in [0, 0.1) is 12.7 Å². The summed E-state index contributed by atoms with van der Waals surface area (Å²) in [5.41, 5.74) is 3.06. The van der Waals surface area contributed by atoms with Gasteiger partial charge >= 0.3 is 0 Å². The average molecular weight is 448 g/mol. The van der Waals surface area contributed by atoms with Crippen LogP contribution in [-0.2, 0) is 4.79 Å². The molecule has 0 aliphatic carbocycles. The van der Waals surface area contributed by atoms with Crippen molar-refractivity contribution in [2.24, 2.45) is 0 Å². The maximum absolute atomic E-state index is 13.2. The topological polar surface area (TPSA) is 78.3 Å². The molecular formula is C23H17FN4O3S. The monoisotopic (exact) mass is 448 g/mol. The van der Waals surface area contributed by atoms with E-state index >= 15 is 0 Å². The maximum atomic E-state index is 13.2. The summed E-state index contributed by atoms with van der Waals surface area (Å²) >= 11 is 1.38. The Morgan fingerprint density at radius 3 is 2.81 bits per heavy atom. The lowest BCUT2D eigenvalue weighted by molar-refractivity contribution is -0.111. The normalized spacial score (nSPS) is 12.4. The summed E-state index contributed by atoms with van der Waals surface area (Å²) in [6.07, 6.45) is 3.14. The van der Waals surface area contributed by atoms with E-state index in [0.29, 0.717) is 28.1 Å². The number of thiazole rings is 1. The predicted octanol–water partition coefficient (Wildman–Crippen LogP) is 4.82. The first-order valence-corrected chi connectivity index (χ1v) is 10.6. The van der Waals surface area contributed by atoms with Crippen molar-refractivity contribution >= 4 is 29.1 Å². The van der Waals surface area contributed by atoms with E-state index < -0.39 is 0 Å². The summed E-state index contributed by atoms with van der Waals surface area (Å²) in [5, 5.41) is 9.75. The lowest BCUT2D eigenvalue weighted by Crippen LogP contribution is -2.12. The van der Waals surface area contributed by atoms with Crippen LogP contribution in [0.25, 0.3) is 22.5 Å². The summed E-state index contributed by atoms with van der Waals surface area (Å²) in [4.78, 5) is 17.1. The van der Waals surface area contributed by atoms with Gasteiger partial charge in [-0.05, 0) is 55.0 Å². The van der Waals surface area contributed by atoms with E-state index in [0.717, 1.165) is 16.8 Å². The summed E-state index contributed by atoms with van der Waals surface area (Å²) in [5.74, 6) is 1.24. The van der Waals surface area contributed by atoms with Crippen LogP contribution in [0.1, 0.15) is 11.3 Å². The molecule has 2 aromatic heterocycles. The Bertz CT molecular complexity index is 1330. The lowest BCUT2D eigenvalue weighted by Gasteiger charge is -2.04. The van der Waals surface area contributed by atoms with Crippen LogP contribution in [0.4, 0.5) is 10.2 Å². The van der Waals surface area contributed by atoms with Crippen LogP contribution in [0.3, 0.4) is 0 Å². The Morgan fingerprint density at radius 1 is 1.16 bits per heavy atom. The van der Waals surface area contributed by atoms with Gasteiger partial charge in [0.2, 0.25) is 17.8 Å². The van der Waals surface area contributed by atoms with Crippen LogP contribution in [0.5, 0.6) is 11.5 Å². The zero-order chi connectivity index (χ0) is 22.1. The van der Waals surface area contributed by atoms with Crippen LogP contribution in [0.15, 0.2) is 60.0 Å². The molecule has 32 heavy (non-hydrogen) atoms. The molecule has 1 amide bonds. The van der Waals surface area contributed by atoms with E-state index in [-0.39, 0.29) is 18.5 Å². The molecule has 0 atom stereocenters. The highest BCUT2D eigenvalue weighted by Gasteiger charge is 2.15. The molecule has 5 rings (SSSR count). The molecule has 3 heterocycles. The van der Waals surface area contributed by atoms with Gasteiger partial charge in [0.15, 0.2) is 11.5 Å². The number of carbonyl (C=O) groups is 1. The summed E-state index contributed by atoms with van der Waals surface area (Å²) in [6.45, 7) is 2.04. The van der Waals surface area contributed by atoms with Crippen molar-refractivity contribution in [1.82, 2.24) is 14.8 Å². The highest BCUT2D eigenvalue weighted by atomic mass is 32.1. The molecule has 2 aromatic carbocycles. The second-order valence-electron chi connectivity index (χ2n) is 7.04. The fraction of sp³-hybridized carbons (Fsp3) is 0.0870. The Labute approximate surface area is 186 Å². The highest BCUT2D eigenvalue weighted by Crippen LogP contribution is 2.33. The molecule has 0 saturated heterocycles. The van der Waals surface area contributed by atoms with Gasteiger partial charge in [-0.2, -0.15) is 9.78 Å². The largest absolute Gasteiger partial charge is 0.454 e. The number of anilines is 1. The van der Waals surface area contributed by atoms with E-state index in [1.807, 2.05) is 24.4 Å².